The van der Waals surface area contributed by atoms with Crippen LogP contribution in [0.4, 0.5) is 11.8 Å². The van der Waals surface area contributed by atoms with E-state index in [1.807, 2.05) is 12.3 Å². The predicted molar refractivity (Wildman–Crippen MR) is 88.1 cm³/mol. The molecule has 116 valence electrons. The van der Waals surface area contributed by atoms with Gasteiger partial charge in [0.25, 0.3) is 0 Å². The molecule has 2 fully saturated rings. The first-order chi connectivity index (χ1) is 10.6. The zero-order valence-electron chi connectivity index (χ0n) is 13.1. The highest BCUT2D eigenvalue weighted by atomic mass is 15.2. The van der Waals surface area contributed by atoms with Crippen LogP contribution in [0.5, 0.6) is 0 Å². The summed E-state index contributed by atoms with van der Waals surface area (Å²) in [5, 5.41) is 11.3. The van der Waals surface area contributed by atoms with Crippen LogP contribution in [-0.2, 0) is 0 Å². The molecule has 0 aromatic carbocycles. The Labute approximate surface area is 130 Å². The van der Waals surface area contributed by atoms with Crippen molar-refractivity contribution in [1.82, 2.24) is 20.3 Å². The summed E-state index contributed by atoms with van der Waals surface area (Å²) in [6, 6.07) is 2.74. The van der Waals surface area contributed by atoms with Gasteiger partial charge in [0.05, 0.1) is 0 Å². The molecule has 1 saturated heterocycles. The summed E-state index contributed by atoms with van der Waals surface area (Å²) in [6.07, 6.45) is 7.29. The van der Waals surface area contributed by atoms with Gasteiger partial charge in [-0.05, 0) is 45.7 Å². The number of fused-ring (bicyclic) bond motifs is 1. The molecule has 2 aromatic heterocycles. The smallest absolute Gasteiger partial charge is 0.223 e. The lowest BCUT2D eigenvalue weighted by Gasteiger charge is -2.54. The molecule has 1 aliphatic heterocycles. The molecule has 1 spiro atoms. The number of pyridine rings is 1. The molecule has 3 heterocycles. The first-order valence-corrected chi connectivity index (χ1v) is 8.03. The molecule has 3 N–H and O–H groups in total. The Hall–Kier alpha value is -1.95. The third-order valence-corrected chi connectivity index (χ3v) is 4.64. The van der Waals surface area contributed by atoms with Crippen LogP contribution in [0.3, 0.4) is 0 Å². The molecule has 0 unspecified atom stereocenters. The Bertz CT molecular complexity index is 686. The summed E-state index contributed by atoms with van der Waals surface area (Å²) >= 11 is 0. The van der Waals surface area contributed by atoms with Crippen molar-refractivity contribution in [3.05, 3.63) is 18.5 Å². The van der Waals surface area contributed by atoms with E-state index >= 15 is 0 Å². The Morgan fingerprint density at radius 3 is 2.82 bits per heavy atom. The van der Waals surface area contributed by atoms with Gasteiger partial charge in [-0.1, -0.05) is 0 Å². The van der Waals surface area contributed by atoms with Crippen LogP contribution in [0, 0.1) is 0 Å². The summed E-state index contributed by atoms with van der Waals surface area (Å²) in [5.74, 6) is 1.52. The zero-order valence-corrected chi connectivity index (χ0v) is 13.1. The van der Waals surface area contributed by atoms with Gasteiger partial charge in [-0.3, -0.25) is 0 Å². The molecule has 4 rings (SSSR count). The maximum atomic E-state index is 4.67. The van der Waals surface area contributed by atoms with Crippen LogP contribution in [-0.4, -0.2) is 39.1 Å². The molecular weight excluding hydrogens is 276 g/mol. The van der Waals surface area contributed by atoms with E-state index in [0.29, 0.717) is 23.6 Å². The fourth-order valence-electron chi connectivity index (χ4n) is 3.40. The van der Waals surface area contributed by atoms with E-state index in [9.17, 15) is 0 Å². The van der Waals surface area contributed by atoms with Crippen molar-refractivity contribution in [2.45, 2.75) is 50.7 Å². The number of aromatic nitrogens is 3. The predicted octanol–water partition coefficient (Wildman–Crippen LogP) is 2.15. The molecule has 0 bridgehead atoms. The van der Waals surface area contributed by atoms with E-state index in [2.05, 4.69) is 44.7 Å². The van der Waals surface area contributed by atoms with Gasteiger partial charge in [0.15, 0.2) is 5.82 Å². The van der Waals surface area contributed by atoms with Crippen LogP contribution in [0.15, 0.2) is 18.5 Å². The summed E-state index contributed by atoms with van der Waals surface area (Å²) < 4.78 is 0. The van der Waals surface area contributed by atoms with Crippen molar-refractivity contribution in [3.8, 4) is 0 Å². The van der Waals surface area contributed by atoms with Crippen molar-refractivity contribution in [2.75, 3.05) is 17.2 Å². The lowest BCUT2D eigenvalue weighted by atomic mass is 9.66. The maximum Gasteiger partial charge on any atom is 0.223 e. The number of anilines is 2. The highest BCUT2D eigenvalue weighted by Gasteiger charge is 2.48. The maximum absolute atomic E-state index is 4.67. The quantitative estimate of drug-likeness (QED) is 0.803. The van der Waals surface area contributed by atoms with E-state index < -0.39 is 0 Å². The number of nitrogens with one attached hydrogen (secondary N) is 3. The van der Waals surface area contributed by atoms with Crippen molar-refractivity contribution >= 4 is 22.7 Å². The van der Waals surface area contributed by atoms with Crippen molar-refractivity contribution < 1.29 is 0 Å². The summed E-state index contributed by atoms with van der Waals surface area (Å²) in [7, 11) is 0. The second kappa shape index (κ2) is 5.05. The van der Waals surface area contributed by atoms with E-state index in [-0.39, 0.29) is 0 Å². The molecule has 0 radical (unpaired) electrons. The minimum absolute atomic E-state index is 0.320. The van der Waals surface area contributed by atoms with Gasteiger partial charge >= 0.3 is 0 Å². The summed E-state index contributed by atoms with van der Waals surface area (Å²) in [4.78, 5) is 13.5. The van der Waals surface area contributed by atoms with E-state index in [0.717, 1.165) is 23.3 Å². The highest BCUT2D eigenvalue weighted by molar-refractivity contribution is 5.88. The van der Waals surface area contributed by atoms with Crippen molar-refractivity contribution in [2.24, 2.45) is 0 Å². The lowest BCUT2D eigenvalue weighted by molar-refractivity contribution is 0.0870. The molecule has 1 aliphatic carbocycles. The van der Waals surface area contributed by atoms with Crippen LogP contribution < -0.4 is 16.0 Å². The number of nitrogens with zero attached hydrogens (tertiary/aromatic N) is 3. The summed E-state index contributed by atoms with van der Waals surface area (Å²) in [6.45, 7) is 5.36. The minimum atomic E-state index is 0.320. The number of hydrogen-bond donors (Lipinski definition) is 3. The molecular formula is C16H22N6. The van der Waals surface area contributed by atoms with E-state index in [4.69, 9.17) is 0 Å². The number of hydrogen-bond acceptors (Lipinski definition) is 6. The zero-order chi connectivity index (χ0) is 15.2. The van der Waals surface area contributed by atoms with Gasteiger partial charge in [-0.2, -0.15) is 0 Å². The van der Waals surface area contributed by atoms with E-state index in [1.165, 1.54) is 19.3 Å². The minimum Gasteiger partial charge on any atom is -0.366 e. The van der Waals surface area contributed by atoms with Gasteiger partial charge < -0.3 is 16.0 Å². The fourth-order valence-corrected chi connectivity index (χ4v) is 3.40. The monoisotopic (exact) mass is 298 g/mol. The molecule has 6 heteroatoms. The molecule has 22 heavy (non-hydrogen) atoms. The van der Waals surface area contributed by atoms with E-state index in [1.54, 1.807) is 6.20 Å². The third kappa shape index (κ3) is 2.37. The van der Waals surface area contributed by atoms with Crippen molar-refractivity contribution in [1.29, 1.82) is 0 Å². The molecule has 2 aliphatic rings. The van der Waals surface area contributed by atoms with Crippen molar-refractivity contribution in [3.63, 3.8) is 0 Å². The Morgan fingerprint density at radius 1 is 1.32 bits per heavy atom. The molecule has 6 nitrogen and oxygen atoms in total. The molecule has 0 amide bonds. The second-order valence-electron chi connectivity index (χ2n) is 6.80. The van der Waals surface area contributed by atoms with Gasteiger partial charge in [-0.25, -0.2) is 15.0 Å². The number of rotatable bonds is 4. The topological polar surface area (TPSA) is 74.8 Å². The normalized spacial score (nSPS) is 26.8. The largest absolute Gasteiger partial charge is 0.366 e. The SMILES string of the molecule is CC(C)Nc1nccc2cnc(NC3CC4(CCN4)C3)nc12. The first kappa shape index (κ1) is 13.7. The highest BCUT2D eigenvalue weighted by Crippen LogP contribution is 2.40. The average molecular weight is 298 g/mol. The molecule has 1 saturated carbocycles. The second-order valence-corrected chi connectivity index (χ2v) is 6.80. The van der Waals surface area contributed by atoms with Gasteiger partial charge in [0.1, 0.15) is 5.52 Å². The Morgan fingerprint density at radius 2 is 2.14 bits per heavy atom. The van der Waals surface area contributed by atoms with Crippen LogP contribution in [0.2, 0.25) is 0 Å². The van der Waals surface area contributed by atoms with Gasteiger partial charge in [0, 0.05) is 35.4 Å². The fraction of sp³-hybridized carbons (Fsp3) is 0.562. The van der Waals surface area contributed by atoms with Gasteiger partial charge in [-0.15, -0.1) is 0 Å². The van der Waals surface area contributed by atoms with Gasteiger partial charge in [0.2, 0.25) is 5.95 Å². The Balaban J connectivity index is 1.54. The molecule has 2 aromatic rings. The standard InChI is InChI=1S/C16H22N6/c1-10(2)20-14-13-11(3-5-17-14)9-18-15(22-13)21-12-7-16(8-12)4-6-19-16/h3,5,9-10,12,19H,4,6-8H2,1-2H3,(H,17,20)(H,18,21,22). The lowest BCUT2D eigenvalue weighted by Crippen LogP contribution is -2.67. The first-order valence-electron chi connectivity index (χ1n) is 8.03. The molecule has 0 atom stereocenters. The van der Waals surface area contributed by atoms with Crippen LogP contribution in [0.25, 0.3) is 10.9 Å². The van der Waals surface area contributed by atoms with Crippen LogP contribution >= 0.6 is 0 Å². The average Bonchev–Trinajstić information content (AvgIpc) is 2.40. The van der Waals surface area contributed by atoms with Crippen LogP contribution in [0.1, 0.15) is 33.1 Å². The third-order valence-electron chi connectivity index (χ3n) is 4.64. The summed E-state index contributed by atoms with van der Waals surface area (Å²) in [5.41, 5.74) is 1.30. The Kier molecular flexibility index (Phi) is 3.14.